The van der Waals surface area contributed by atoms with E-state index in [9.17, 15) is 19.2 Å². The fourth-order valence-corrected chi connectivity index (χ4v) is 4.02. The minimum absolute atomic E-state index is 0.0797. The number of hydrogen-bond donors (Lipinski definition) is 1. The van der Waals surface area contributed by atoms with E-state index in [1.807, 2.05) is 6.92 Å². The Bertz CT molecular complexity index is 813. The SMILES string of the molecule is CCC(C)N(CC(=O)O)C(=O)c1ccc2c(c1)C(=O)N(C1CCCCC1)C2=O. The topological polar surface area (TPSA) is 95.0 Å². The van der Waals surface area contributed by atoms with E-state index in [-0.39, 0.29) is 35.0 Å². The molecule has 3 amide bonds. The third-order valence-corrected chi connectivity index (χ3v) is 5.79. The highest BCUT2D eigenvalue weighted by Gasteiger charge is 2.40. The van der Waals surface area contributed by atoms with Gasteiger partial charge >= 0.3 is 5.97 Å². The minimum Gasteiger partial charge on any atom is -0.480 e. The summed E-state index contributed by atoms with van der Waals surface area (Å²) < 4.78 is 0. The number of nitrogens with zero attached hydrogens (tertiary/aromatic N) is 2. The first-order valence-electron chi connectivity index (χ1n) is 9.89. The summed E-state index contributed by atoms with van der Waals surface area (Å²) in [5.41, 5.74) is 0.785. The first-order chi connectivity index (χ1) is 13.3. The molecule has 2 aliphatic rings. The van der Waals surface area contributed by atoms with E-state index in [1.54, 1.807) is 6.92 Å². The number of aliphatic carboxylic acids is 1. The second kappa shape index (κ2) is 8.12. The summed E-state index contributed by atoms with van der Waals surface area (Å²) in [6, 6.07) is 4.13. The Morgan fingerprint density at radius 3 is 2.39 bits per heavy atom. The number of imide groups is 1. The first kappa shape index (κ1) is 20.0. The fraction of sp³-hybridized carbons (Fsp3) is 0.524. The number of carbonyl (C=O) groups excluding carboxylic acids is 3. The van der Waals surface area contributed by atoms with Gasteiger partial charge in [0.15, 0.2) is 0 Å². The van der Waals surface area contributed by atoms with Crippen molar-refractivity contribution in [2.45, 2.75) is 64.5 Å². The Balaban J connectivity index is 1.89. The quantitative estimate of drug-likeness (QED) is 0.759. The maximum Gasteiger partial charge on any atom is 0.323 e. The highest BCUT2D eigenvalue weighted by molar-refractivity contribution is 6.22. The average molecular weight is 386 g/mol. The lowest BCUT2D eigenvalue weighted by atomic mass is 9.94. The summed E-state index contributed by atoms with van der Waals surface area (Å²) in [7, 11) is 0. The lowest BCUT2D eigenvalue weighted by Gasteiger charge is -2.29. The van der Waals surface area contributed by atoms with E-state index in [0.29, 0.717) is 12.0 Å². The van der Waals surface area contributed by atoms with Crippen LogP contribution in [0.5, 0.6) is 0 Å². The van der Waals surface area contributed by atoms with Crippen LogP contribution in [-0.4, -0.2) is 57.2 Å². The zero-order valence-corrected chi connectivity index (χ0v) is 16.3. The van der Waals surface area contributed by atoms with Gasteiger partial charge in [-0.05, 0) is 44.4 Å². The Morgan fingerprint density at radius 2 is 1.79 bits per heavy atom. The molecule has 1 fully saturated rings. The summed E-state index contributed by atoms with van der Waals surface area (Å²) in [4.78, 5) is 52.4. The zero-order valence-electron chi connectivity index (χ0n) is 16.3. The van der Waals surface area contributed by atoms with Crippen molar-refractivity contribution in [2.24, 2.45) is 0 Å². The van der Waals surface area contributed by atoms with Crippen molar-refractivity contribution >= 4 is 23.7 Å². The summed E-state index contributed by atoms with van der Waals surface area (Å²) in [5, 5.41) is 9.14. The molecular formula is C21H26N2O5. The van der Waals surface area contributed by atoms with Crippen molar-refractivity contribution in [1.29, 1.82) is 0 Å². The molecule has 1 N–H and O–H groups in total. The number of benzene rings is 1. The van der Waals surface area contributed by atoms with Gasteiger partial charge in [0.2, 0.25) is 0 Å². The Hall–Kier alpha value is -2.70. The molecular weight excluding hydrogens is 360 g/mol. The van der Waals surface area contributed by atoms with Gasteiger partial charge < -0.3 is 10.0 Å². The number of fused-ring (bicyclic) bond motifs is 1. The molecule has 1 aromatic rings. The van der Waals surface area contributed by atoms with Crippen molar-refractivity contribution in [3.8, 4) is 0 Å². The van der Waals surface area contributed by atoms with Gasteiger partial charge in [0.1, 0.15) is 6.54 Å². The maximum atomic E-state index is 12.9. The second-order valence-corrected chi connectivity index (χ2v) is 7.62. The van der Waals surface area contributed by atoms with Gasteiger partial charge in [0.25, 0.3) is 17.7 Å². The number of hydrogen-bond acceptors (Lipinski definition) is 4. The van der Waals surface area contributed by atoms with Crippen LogP contribution < -0.4 is 0 Å². The summed E-state index contributed by atoms with van der Waals surface area (Å²) in [6.45, 7) is 3.25. The number of carboxylic acids is 1. The highest BCUT2D eigenvalue weighted by atomic mass is 16.4. The third kappa shape index (κ3) is 3.66. The van der Waals surface area contributed by atoms with Crippen LogP contribution in [0.1, 0.15) is 83.4 Å². The van der Waals surface area contributed by atoms with Gasteiger partial charge in [0, 0.05) is 17.6 Å². The molecule has 0 radical (unpaired) electrons. The largest absolute Gasteiger partial charge is 0.480 e. The van der Waals surface area contributed by atoms with E-state index in [2.05, 4.69) is 0 Å². The van der Waals surface area contributed by atoms with Crippen LogP contribution in [0.25, 0.3) is 0 Å². The van der Waals surface area contributed by atoms with E-state index < -0.39 is 18.4 Å². The van der Waals surface area contributed by atoms with Crippen molar-refractivity contribution < 1.29 is 24.3 Å². The molecule has 1 aliphatic heterocycles. The number of carbonyl (C=O) groups is 4. The minimum atomic E-state index is -1.09. The predicted molar refractivity (Wildman–Crippen MR) is 102 cm³/mol. The van der Waals surface area contributed by atoms with Crippen molar-refractivity contribution in [3.63, 3.8) is 0 Å². The number of amides is 3. The monoisotopic (exact) mass is 386 g/mol. The van der Waals surface area contributed by atoms with Gasteiger partial charge in [-0.25, -0.2) is 0 Å². The normalized spacial score (nSPS) is 18.1. The Morgan fingerprint density at radius 1 is 1.14 bits per heavy atom. The summed E-state index contributed by atoms with van der Waals surface area (Å²) in [5.74, 6) is -2.19. The van der Waals surface area contributed by atoms with Gasteiger partial charge in [-0.3, -0.25) is 24.1 Å². The lowest BCUT2D eigenvalue weighted by Crippen LogP contribution is -2.42. The van der Waals surface area contributed by atoms with Gasteiger partial charge in [-0.15, -0.1) is 0 Å². The molecule has 1 unspecified atom stereocenters. The molecule has 3 rings (SSSR count). The fourth-order valence-electron chi connectivity index (χ4n) is 4.02. The molecule has 1 aliphatic carbocycles. The van der Waals surface area contributed by atoms with Crippen LogP contribution in [0.4, 0.5) is 0 Å². The maximum absolute atomic E-state index is 12.9. The molecule has 150 valence electrons. The average Bonchev–Trinajstić information content (AvgIpc) is 2.95. The molecule has 0 bridgehead atoms. The van der Waals surface area contributed by atoms with Crippen LogP contribution in [0.3, 0.4) is 0 Å². The Labute approximate surface area is 164 Å². The molecule has 0 spiro atoms. The number of carboxylic acid groups (broad SMARTS) is 1. The number of rotatable bonds is 6. The third-order valence-electron chi connectivity index (χ3n) is 5.79. The van der Waals surface area contributed by atoms with Gasteiger partial charge in [0.05, 0.1) is 11.1 Å². The van der Waals surface area contributed by atoms with Crippen LogP contribution in [0.2, 0.25) is 0 Å². The molecule has 1 heterocycles. The van der Waals surface area contributed by atoms with E-state index in [4.69, 9.17) is 5.11 Å². The van der Waals surface area contributed by atoms with E-state index in [0.717, 1.165) is 32.1 Å². The van der Waals surface area contributed by atoms with Crippen LogP contribution >= 0.6 is 0 Å². The second-order valence-electron chi connectivity index (χ2n) is 7.62. The van der Waals surface area contributed by atoms with Crippen LogP contribution in [0, 0.1) is 0 Å². The molecule has 1 atom stereocenters. The molecule has 7 nitrogen and oxygen atoms in total. The lowest BCUT2D eigenvalue weighted by molar-refractivity contribution is -0.138. The van der Waals surface area contributed by atoms with E-state index in [1.165, 1.54) is 28.0 Å². The first-order valence-corrected chi connectivity index (χ1v) is 9.89. The van der Waals surface area contributed by atoms with Crippen molar-refractivity contribution in [2.75, 3.05) is 6.54 Å². The zero-order chi connectivity index (χ0) is 20.4. The van der Waals surface area contributed by atoms with Gasteiger partial charge in [-0.2, -0.15) is 0 Å². The van der Waals surface area contributed by atoms with Crippen molar-refractivity contribution in [1.82, 2.24) is 9.80 Å². The molecule has 1 saturated carbocycles. The molecule has 1 aromatic carbocycles. The molecule has 0 aromatic heterocycles. The van der Waals surface area contributed by atoms with Crippen LogP contribution in [0.15, 0.2) is 18.2 Å². The van der Waals surface area contributed by atoms with Crippen LogP contribution in [-0.2, 0) is 4.79 Å². The van der Waals surface area contributed by atoms with E-state index >= 15 is 0 Å². The van der Waals surface area contributed by atoms with Gasteiger partial charge in [-0.1, -0.05) is 26.2 Å². The molecule has 28 heavy (non-hydrogen) atoms. The highest BCUT2D eigenvalue weighted by Crippen LogP contribution is 2.31. The summed E-state index contributed by atoms with van der Waals surface area (Å²) in [6.07, 6.45) is 5.36. The van der Waals surface area contributed by atoms with Crippen molar-refractivity contribution in [3.05, 3.63) is 34.9 Å². The molecule has 7 heteroatoms. The smallest absolute Gasteiger partial charge is 0.323 e. The summed E-state index contributed by atoms with van der Waals surface area (Å²) >= 11 is 0. The predicted octanol–water partition coefficient (Wildman–Crippen LogP) is 2.94. The Kier molecular flexibility index (Phi) is 5.82. The molecule has 0 saturated heterocycles. The standard InChI is InChI=1S/C21H26N2O5/c1-3-13(2)22(12-18(24)25)19(26)14-9-10-16-17(11-14)21(28)23(20(16)27)15-7-5-4-6-8-15/h9-11,13,15H,3-8,12H2,1-2H3,(H,24,25).